The van der Waals surface area contributed by atoms with Crippen LogP contribution in [0.15, 0.2) is 42.5 Å². The molecule has 0 bridgehead atoms. The molecule has 2 aromatic carbocycles. The Bertz CT molecular complexity index is 1050. The average Bonchev–Trinajstić information content (AvgIpc) is 2.70. The first kappa shape index (κ1) is 21.8. The number of amides is 1. The van der Waals surface area contributed by atoms with E-state index in [4.69, 9.17) is 4.74 Å². The van der Waals surface area contributed by atoms with E-state index in [-0.39, 0.29) is 24.4 Å². The zero-order valence-electron chi connectivity index (χ0n) is 16.1. The van der Waals surface area contributed by atoms with Gasteiger partial charge >= 0.3 is 5.97 Å². The Hall–Kier alpha value is -2.85. The van der Waals surface area contributed by atoms with Gasteiger partial charge in [-0.15, -0.1) is 0 Å². The topological polar surface area (TPSA) is 92.8 Å². The monoisotopic (exact) mass is 438 g/mol. The van der Waals surface area contributed by atoms with Crippen molar-refractivity contribution in [2.24, 2.45) is 0 Å². The number of halogens is 2. The molecule has 160 valence electrons. The van der Waals surface area contributed by atoms with Gasteiger partial charge in [0.1, 0.15) is 17.7 Å². The van der Waals surface area contributed by atoms with Crippen LogP contribution in [0.1, 0.15) is 18.1 Å². The lowest BCUT2D eigenvalue weighted by molar-refractivity contribution is -0.151. The fraction of sp³-hybridized carbons (Fsp3) is 0.300. The first-order chi connectivity index (χ1) is 14.2. The molecule has 0 radical (unpaired) electrons. The van der Waals surface area contributed by atoms with E-state index in [1.807, 2.05) is 0 Å². The van der Waals surface area contributed by atoms with Crippen LogP contribution in [0.25, 0.3) is 0 Å². The molecule has 0 saturated heterocycles. The molecule has 0 saturated carbocycles. The number of sulfonamides is 1. The molecule has 1 aliphatic rings. The Morgan fingerprint density at radius 1 is 1.13 bits per heavy atom. The summed E-state index contributed by atoms with van der Waals surface area (Å²) >= 11 is 0. The molecule has 0 aliphatic carbocycles. The van der Waals surface area contributed by atoms with Gasteiger partial charge in [-0.2, -0.15) is 4.31 Å². The molecule has 1 atom stereocenters. The highest BCUT2D eigenvalue weighted by Gasteiger charge is 2.39. The predicted octanol–water partition coefficient (Wildman–Crippen LogP) is 2.22. The molecule has 0 fully saturated rings. The number of rotatable bonds is 6. The van der Waals surface area contributed by atoms with E-state index >= 15 is 0 Å². The molecular weight excluding hydrogens is 418 g/mol. The molecule has 10 heteroatoms. The summed E-state index contributed by atoms with van der Waals surface area (Å²) in [5.41, 5.74) is 1.49. The molecule has 3 rings (SSSR count). The van der Waals surface area contributed by atoms with E-state index in [0.29, 0.717) is 6.07 Å². The van der Waals surface area contributed by atoms with Gasteiger partial charge in [-0.05, 0) is 30.2 Å². The third-order valence-electron chi connectivity index (χ3n) is 4.69. The zero-order valence-corrected chi connectivity index (χ0v) is 16.9. The van der Waals surface area contributed by atoms with E-state index < -0.39 is 46.2 Å². The van der Waals surface area contributed by atoms with Crippen LogP contribution in [-0.2, 0) is 37.3 Å². The first-order valence-electron chi connectivity index (χ1n) is 9.18. The summed E-state index contributed by atoms with van der Waals surface area (Å²) < 4.78 is 57.5. The van der Waals surface area contributed by atoms with Gasteiger partial charge in [-0.3, -0.25) is 9.59 Å². The van der Waals surface area contributed by atoms with Crippen LogP contribution in [0, 0.1) is 11.6 Å². The van der Waals surface area contributed by atoms with E-state index in [1.54, 1.807) is 24.3 Å². The number of hydrogen-bond donors (Lipinski definition) is 1. The van der Waals surface area contributed by atoms with Crippen molar-refractivity contribution in [3.8, 4) is 0 Å². The van der Waals surface area contributed by atoms with Gasteiger partial charge in [-0.1, -0.05) is 24.3 Å². The molecule has 0 spiro atoms. The van der Waals surface area contributed by atoms with E-state index in [9.17, 15) is 26.8 Å². The number of anilines is 1. The molecule has 7 nitrogen and oxygen atoms in total. The van der Waals surface area contributed by atoms with Crippen LogP contribution in [0.5, 0.6) is 0 Å². The van der Waals surface area contributed by atoms with Gasteiger partial charge in [0.05, 0.1) is 5.75 Å². The van der Waals surface area contributed by atoms with Crippen molar-refractivity contribution in [3.05, 3.63) is 65.2 Å². The third kappa shape index (κ3) is 5.00. The Labute approximate surface area is 172 Å². The van der Waals surface area contributed by atoms with E-state index in [0.717, 1.165) is 27.6 Å². The van der Waals surface area contributed by atoms with Crippen molar-refractivity contribution in [3.63, 3.8) is 0 Å². The fourth-order valence-corrected chi connectivity index (χ4v) is 4.43. The first-order valence-corrected chi connectivity index (χ1v) is 10.8. The van der Waals surface area contributed by atoms with Gasteiger partial charge in [0.25, 0.3) is 5.91 Å². The highest BCUT2D eigenvalue weighted by molar-refractivity contribution is 7.89. The molecule has 1 unspecified atom stereocenters. The van der Waals surface area contributed by atoms with Crippen molar-refractivity contribution in [2.75, 3.05) is 17.7 Å². The maximum Gasteiger partial charge on any atom is 0.325 e. The lowest BCUT2D eigenvalue weighted by atomic mass is 9.96. The van der Waals surface area contributed by atoms with Crippen LogP contribution in [0.2, 0.25) is 0 Å². The van der Waals surface area contributed by atoms with Crippen molar-refractivity contribution >= 4 is 27.6 Å². The maximum absolute atomic E-state index is 13.2. The standard InChI is InChI=1S/C20H20F2N2O5S/c1-2-30(27,28)24-11-14-6-4-3-5-13(14)7-18(24)20(26)29-12-19(25)23-17-9-15(21)8-16(22)10-17/h3-6,8-10,18H,2,7,11-12H2,1H3,(H,23,25). The second-order valence-electron chi connectivity index (χ2n) is 6.75. The Kier molecular flexibility index (Phi) is 6.47. The van der Waals surface area contributed by atoms with Crippen LogP contribution in [0.4, 0.5) is 14.5 Å². The maximum atomic E-state index is 13.2. The van der Waals surface area contributed by atoms with Crippen molar-refractivity contribution in [1.29, 1.82) is 0 Å². The molecule has 2 aromatic rings. The van der Waals surface area contributed by atoms with Crippen molar-refractivity contribution in [2.45, 2.75) is 25.9 Å². The van der Waals surface area contributed by atoms with Crippen molar-refractivity contribution in [1.82, 2.24) is 4.31 Å². The number of esters is 1. The lowest BCUT2D eigenvalue weighted by Gasteiger charge is -2.34. The number of fused-ring (bicyclic) bond motifs is 1. The highest BCUT2D eigenvalue weighted by atomic mass is 32.2. The number of ether oxygens (including phenoxy) is 1. The summed E-state index contributed by atoms with van der Waals surface area (Å²) in [5.74, 6) is -3.62. The smallest absolute Gasteiger partial charge is 0.325 e. The molecule has 1 aliphatic heterocycles. The molecular formula is C20H20F2N2O5S. The van der Waals surface area contributed by atoms with Gasteiger partial charge in [-0.25, -0.2) is 17.2 Å². The zero-order chi connectivity index (χ0) is 21.9. The third-order valence-corrected chi connectivity index (χ3v) is 6.52. The average molecular weight is 438 g/mol. The minimum atomic E-state index is -3.71. The normalized spacial score (nSPS) is 16.6. The van der Waals surface area contributed by atoms with Crippen molar-refractivity contribution < 1.29 is 31.5 Å². The Morgan fingerprint density at radius 2 is 1.77 bits per heavy atom. The summed E-state index contributed by atoms with van der Waals surface area (Å²) in [6.07, 6.45) is 0.116. The molecule has 30 heavy (non-hydrogen) atoms. The lowest BCUT2D eigenvalue weighted by Crippen LogP contribution is -2.50. The SMILES string of the molecule is CCS(=O)(=O)N1Cc2ccccc2CC1C(=O)OCC(=O)Nc1cc(F)cc(F)c1. The van der Waals surface area contributed by atoms with Crippen LogP contribution >= 0.6 is 0 Å². The number of benzene rings is 2. The summed E-state index contributed by atoms with van der Waals surface area (Å²) in [4.78, 5) is 24.6. The summed E-state index contributed by atoms with van der Waals surface area (Å²) in [6, 6.07) is 8.54. The quantitative estimate of drug-likeness (QED) is 0.699. The van der Waals surface area contributed by atoms with E-state index in [2.05, 4.69) is 5.32 Å². The van der Waals surface area contributed by atoms with Gasteiger partial charge < -0.3 is 10.1 Å². The largest absolute Gasteiger partial charge is 0.454 e. The van der Waals surface area contributed by atoms with Gasteiger partial charge in [0.2, 0.25) is 10.0 Å². The van der Waals surface area contributed by atoms with Gasteiger partial charge in [0, 0.05) is 24.7 Å². The second-order valence-corrected chi connectivity index (χ2v) is 8.96. The fourth-order valence-electron chi connectivity index (χ4n) is 3.21. The highest BCUT2D eigenvalue weighted by Crippen LogP contribution is 2.26. The predicted molar refractivity (Wildman–Crippen MR) is 105 cm³/mol. The minimum absolute atomic E-state index is 0.0286. The van der Waals surface area contributed by atoms with E-state index in [1.165, 1.54) is 6.92 Å². The summed E-state index contributed by atoms with van der Waals surface area (Å²) in [5, 5.41) is 2.22. The summed E-state index contributed by atoms with van der Waals surface area (Å²) in [7, 11) is -3.71. The summed E-state index contributed by atoms with van der Waals surface area (Å²) in [6.45, 7) is 0.778. The number of nitrogens with zero attached hydrogens (tertiary/aromatic N) is 1. The number of carbonyl (C=O) groups excluding carboxylic acids is 2. The van der Waals surface area contributed by atoms with Crippen LogP contribution in [-0.4, -0.2) is 43.0 Å². The number of hydrogen-bond acceptors (Lipinski definition) is 5. The molecule has 1 N–H and O–H groups in total. The Morgan fingerprint density at radius 3 is 2.40 bits per heavy atom. The van der Waals surface area contributed by atoms with Crippen LogP contribution < -0.4 is 5.32 Å². The number of nitrogens with one attached hydrogen (secondary N) is 1. The minimum Gasteiger partial charge on any atom is -0.454 e. The number of carbonyl (C=O) groups is 2. The van der Waals surface area contributed by atoms with Gasteiger partial charge in [0.15, 0.2) is 6.61 Å². The van der Waals surface area contributed by atoms with Crippen LogP contribution in [0.3, 0.4) is 0 Å². The second kappa shape index (κ2) is 8.88. The molecule has 1 amide bonds. The Balaban J connectivity index is 1.70. The molecule has 0 aromatic heterocycles. The molecule has 1 heterocycles.